The van der Waals surface area contributed by atoms with Gasteiger partial charge in [-0.2, -0.15) is 0 Å². The predicted molar refractivity (Wildman–Crippen MR) is 390 cm³/mol. The number of aromatic amines is 4. The first-order valence-electron chi connectivity index (χ1n) is 31.8. The molecular formula is C76H44Al2N16O6P2. The number of aromatic nitrogens is 16. The average molecular weight is 1390 g/mol. The molecule has 0 spiro atoms. The van der Waals surface area contributed by atoms with Crippen LogP contribution in [-0.4, -0.2) is 112 Å². The first-order chi connectivity index (χ1) is 49.6. The summed E-state index contributed by atoms with van der Waals surface area (Å²) in [6.45, 7) is 0. The Morgan fingerprint density at radius 2 is 0.422 bits per heavy atom. The number of hydrogen-bond donors (Lipinski definition) is 4. The fraction of sp³-hybridized carbons (Fsp3) is 0. The van der Waals surface area contributed by atoms with Gasteiger partial charge in [0.05, 0.1) is 0 Å². The van der Waals surface area contributed by atoms with Crippen molar-refractivity contribution in [3.05, 3.63) is 243 Å². The van der Waals surface area contributed by atoms with Gasteiger partial charge in [-0.15, -0.1) is 0 Å². The molecule has 16 bridgehead atoms. The van der Waals surface area contributed by atoms with Crippen molar-refractivity contribution in [3.8, 4) is 91.1 Å². The molecule has 480 valence electrons. The van der Waals surface area contributed by atoms with Crippen LogP contribution in [0.25, 0.3) is 179 Å². The Hall–Kier alpha value is -11.7. The summed E-state index contributed by atoms with van der Waals surface area (Å²) in [4.78, 5) is 115. The zero-order chi connectivity index (χ0) is 69.4. The maximum absolute atomic E-state index is 10.3. The Bertz CT molecular complexity index is 6200. The molecule has 22 nitrogen and oxygen atoms in total. The molecule has 4 N–H and O–H groups in total. The van der Waals surface area contributed by atoms with E-state index in [0.29, 0.717) is 91.8 Å². The van der Waals surface area contributed by atoms with Gasteiger partial charge in [0.15, 0.2) is 0 Å². The quantitative estimate of drug-likeness (QED) is 0.0923. The van der Waals surface area contributed by atoms with Crippen LogP contribution in [0.2, 0.25) is 0 Å². The van der Waals surface area contributed by atoms with E-state index < -0.39 is 15.2 Å². The second kappa shape index (κ2) is 25.8. The molecule has 0 amide bonds. The molecule has 20 rings (SSSR count). The first-order valence-corrected chi connectivity index (χ1v) is 36.0. The van der Waals surface area contributed by atoms with E-state index in [0.717, 1.165) is 96.4 Å². The summed E-state index contributed by atoms with van der Waals surface area (Å²) in [5.41, 5.74) is 12.8. The predicted octanol–water partition coefficient (Wildman–Crippen LogP) is 9.78. The van der Waals surface area contributed by atoms with Crippen LogP contribution in [0.1, 0.15) is 0 Å². The summed E-state index contributed by atoms with van der Waals surface area (Å²) in [5, 5.41) is 7.33. The van der Waals surface area contributed by atoms with Gasteiger partial charge in [-0.05, 0) is 25.8 Å². The molecule has 0 saturated carbocycles. The van der Waals surface area contributed by atoms with Crippen LogP contribution in [0.5, 0.6) is 0 Å². The van der Waals surface area contributed by atoms with Crippen molar-refractivity contribution >= 4 is 155 Å². The van der Waals surface area contributed by atoms with Gasteiger partial charge in [-0.25, -0.2) is 0 Å². The van der Waals surface area contributed by atoms with Crippen molar-refractivity contribution in [1.29, 1.82) is 0 Å². The van der Waals surface area contributed by atoms with Crippen molar-refractivity contribution < 1.29 is 28.7 Å². The van der Waals surface area contributed by atoms with E-state index in [1.807, 2.05) is 182 Å². The minimum absolute atomic E-state index is 0.157. The molecule has 0 atom stereocenters. The Kier molecular flexibility index (Phi) is 16.1. The Morgan fingerprint density at radius 3 is 0.657 bits per heavy atom. The number of nitrogens with one attached hydrogen (secondary N) is 4. The zero-order valence-corrected chi connectivity index (χ0v) is 57.1. The van der Waals surface area contributed by atoms with Crippen LogP contribution >= 0.6 is 15.2 Å². The molecule has 10 heterocycles. The van der Waals surface area contributed by atoms with Crippen LogP contribution < -0.4 is 39.0 Å². The van der Waals surface area contributed by atoms with Gasteiger partial charge in [-0.1, -0.05) is 72.8 Å². The van der Waals surface area contributed by atoms with Crippen molar-refractivity contribution in [1.82, 2.24) is 79.7 Å². The first kappa shape index (κ1) is 63.7. The van der Waals surface area contributed by atoms with E-state index in [4.69, 9.17) is 59.8 Å². The average Bonchev–Trinajstić information content (AvgIpc) is 1.60. The molecule has 10 aromatic carbocycles. The number of benzene rings is 10. The monoisotopic (exact) mass is 1390 g/mol. The Balaban J connectivity index is 0.000000120. The number of fused-ring (bicyclic) bond motifs is 40. The second-order valence-electron chi connectivity index (χ2n) is 23.7. The molecular weight excluding hydrogens is 1350 g/mol. The van der Waals surface area contributed by atoms with Gasteiger partial charge in [0, 0.05) is 0 Å². The van der Waals surface area contributed by atoms with Crippen molar-refractivity contribution in [2.24, 2.45) is 0 Å². The molecule has 0 unspecified atom stereocenters. The Morgan fingerprint density at radius 1 is 0.225 bits per heavy atom. The Labute approximate surface area is 593 Å². The van der Waals surface area contributed by atoms with E-state index in [-0.39, 0.29) is 10.6 Å². The van der Waals surface area contributed by atoms with E-state index in [1.54, 1.807) is 12.1 Å². The number of rotatable bonds is 2. The molecule has 102 heavy (non-hydrogen) atoms. The SMILES string of the molecule is O=P([O-])([O-])c1ccccc1.O=P([O-])([O-])c1ccccc1.[Al+2][c]1cccc2c3nc4nc(nc5[nH]c(nc6nc(nc([nH]3)c12)-c1ccccc1-6)c1ccccc51)-c1ccccc1-4.[Al+2][c]1cccc2c3nc4nc(nc5[nH]c(nc6nc(nc([nH]3)c12)-c1ccccc1-6)c1ccccc51)-c1ccccc1-4. The zero-order valence-electron chi connectivity index (χ0n) is 53.0. The minimum atomic E-state index is -4.52. The van der Waals surface area contributed by atoms with Gasteiger partial charge in [0.1, 0.15) is 0 Å². The second-order valence-corrected chi connectivity index (χ2v) is 28.0. The van der Waals surface area contributed by atoms with Crippen LogP contribution in [0, 0.1) is 0 Å². The fourth-order valence-corrected chi connectivity index (χ4v) is 14.5. The van der Waals surface area contributed by atoms with E-state index in [2.05, 4.69) is 52.5 Å². The van der Waals surface area contributed by atoms with Gasteiger partial charge in [-0.3, -0.25) is 0 Å². The van der Waals surface area contributed by atoms with Gasteiger partial charge in [0.2, 0.25) is 0 Å². The fourth-order valence-electron chi connectivity index (χ4n) is 12.7. The van der Waals surface area contributed by atoms with Gasteiger partial charge in [0.25, 0.3) is 0 Å². The molecule has 0 fully saturated rings. The molecule has 4 aliphatic heterocycles. The molecule has 0 saturated heterocycles. The summed E-state index contributed by atoms with van der Waals surface area (Å²) in [6, 6.07) is 75.0. The third kappa shape index (κ3) is 11.8. The number of nitrogens with zero attached hydrogens (tertiary/aromatic N) is 12. The van der Waals surface area contributed by atoms with Crippen LogP contribution in [0.15, 0.2) is 243 Å². The van der Waals surface area contributed by atoms with Crippen molar-refractivity contribution in [2.75, 3.05) is 0 Å². The van der Waals surface area contributed by atoms with E-state index in [1.165, 1.54) is 48.5 Å². The normalized spacial score (nSPS) is 11.9. The summed E-state index contributed by atoms with van der Waals surface area (Å²) in [7, 11) is -9.04. The van der Waals surface area contributed by atoms with E-state index in [9.17, 15) is 28.7 Å². The molecule has 0 radical (unpaired) electrons. The van der Waals surface area contributed by atoms with Gasteiger partial charge >= 0.3 is 470 Å². The molecule has 4 aliphatic rings. The third-order valence-electron chi connectivity index (χ3n) is 17.4. The van der Waals surface area contributed by atoms with Crippen LogP contribution in [-0.2, 0) is 9.13 Å². The summed E-state index contributed by atoms with van der Waals surface area (Å²) >= 11 is 5.63. The standard InChI is InChI=1S/2C32H17N8.2C6H7O3P.2Al/c2*1-2-10-18-17(9-1)25-33-26(18)38-28-21-13-5-6-14-22(21)30(35-28)40-32-24-16-8-7-15-23(24)31(36-32)39-29-20-12-4-3-11-19(20)27(34-29)37-25;2*7-10(8,9)6-4-2-1-3-5-6;;/h2*1-15H,(H2,33,34,35,36,37,38,39,40);2*1-5H,(H2,7,8,9);;/q;;;;2*+2/p-4. The number of hydrogen-bond acceptors (Lipinski definition) is 18. The summed E-state index contributed by atoms with van der Waals surface area (Å²) in [5.74, 6) is 4.75. The molecule has 26 heteroatoms. The third-order valence-corrected chi connectivity index (χ3v) is 20.2. The maximum atomic E-state index is 10.3. The van der Waals surface area contributed by atoms with E-state index >= 15 is 0 Å². The summed E-state index contributed by atoms with van der Waals surface area (Å²) < 4.78 is 22.6. The molecule has 6 aromatic heterocycles. The number of H-pyrrole nitrogens is 4. The van der Waals surface area contributed by atoms with Gasteiger partial charge < -0.3 is 28.7 Å². The summed E-state index contributed by atoms with van der Waals surface area (Å²) in [6.07, 6.45) is 0. The van der Waals surface area contributed by atoms with Crippen molar-refractivity contribution in [2.45, 2.75) is 0 Å². The van der Waals surface area contributed by atoms with Crippen LogP contribution in [0.3, 0.4) is 0 Å². The van der Waals surface area contributed by atoms with Crippen molar-refractivity contribution in [3.63, 3.8) is 0 Å². The topological polar surface area (TPSA) is 344 Å². The molecule has 0 aliphatic carbocycles. The van der Waals surface area contributed by atoms with Crippen LogP contribution in [0.4, 0.5) is 0 Å². The molecule has 16 aromatic rings.